The van der Waals surface area contributed by atoms with Gasteiger partial charge in [-0.3, -0.25) is 14.9 Å². The van der Waals surface area contributed by atoms with Crippen LogP contribution in [0.1, 0.15) is 29.8 Å². The van der Waals surface area contributed by atoms with Crippen LogP contribution in [0.4, 0.5) is 0 Å². The molecule has 2 aliphatic rings. The number of hydrogen-bond acceptors (Lipinski definition) is 5. The number of ether oxygens (including phenoxy) is 1. The van der Waals surface area contributed by atoms with Gasteiger partial charge in [-0.2, -0.15) is 0 Å². The molecule has 5 nitrogen and oxygen atoms in total. The first-order valence-corrected chi connectivity index (χ1v) is 8.53. The summed E-state index contributed by atoms with van der Waals surface area (Å²) in [5.41, 5.74) is 1.92. The second-order valence-corrected chi connectivity index (χ2v) is 6.99. The van der Waals surface area contributed by atoms with Crippen LogP contribution in [0.15, 0.2) is 42.7 Å². The number of piperidine rings is 1. The highest BCUT2D eigenvalue weighted by atomic mass is 16.5. The van der Waals surface area contributed by atoms with E-state index in [-0.39, 0.29) is 12.1 Å². The van der Waals surface area contributed by atoms with Gasteiger partial charge in [0.2, 0.25) is 0 Å². The van der Waals surface area contributed by atoms with E-state index in [1.165, 1.54) is 5.56 Å². The zero-order valence-corrected chi connectivity index (χ0v) is 13.9. The maximum Gasteiger partial charge on any atom is 0.111 e. The molecule has 2 saturated heterocycles. The zero-order chi connectivity index (χ0) is 16.6. The smallest absolute Gasteiger partial charge is 0.111 e. The Balaban J connectivity index is 1.58. The van der Waals surface area contributed by atoms with E-state index in [0.29, 0.717) is 31.7 Å². The van der Waals surface area contributed by atoms with Gasteiger partial charge in [0, 0.05) is 24.8 Å². The lowest BCUT2D eigenvalue weighted by Crippen LogP contribution is -2.60. The molecule has 0 radical (unpaired) electrons. The Kier molecular flexibility index (Phi) is 4.08. The molecule has 4 rings (SSSR count). The lowest BCUT2D eigenvalue weighted by Gasteiger charge is -2.51. The summed E-state index contributed by atoms with van der Waals surface area (Å²) in [6.45, 7) is 4.12. The average molecular weight is 325 g/mol. The number of fused-ring (bicyclic) bond motifs is 2. The predicted molar refractivity (Wildman–Crippen MR) is 90.3 cm³/mol. The molecule has 2 bridgehead atoms. The van der Waals surface area contributed by atoms with Gasteiger partial charge in [-0.1, -0.05) is 30.3 Å². The fourth-order valence-corrected chi connectivity index (χ4v) is 3.99. The quantitative estimate of drug-likeness (QED) is 0.936. The molecule has 1 aromatic carbocycles. The van der Waals surface area contributed by atoms with Crippen LogP contribution in [0.2, 0.25) is 0 Å². The van der Waals surface area contributed by atoms with Crippen molar-refractivity contribution in [1.82, 2.24) is 14.9 Å². The number of hydrogen-bond donors (Lipinski definition) is 1. The first-order chi connectivity index (χ1) is 11.6. The molecule has 2 aliphatic heterocycles. The maximum atomic E-state index is 11.3. The van der Waals surface area contributed by atoms with Crippen molar-refractivity contribution in [3.05, 3.63) is 59.7 Å². The standard InChI is InChI=1S/C19H23N3O2/c1-14-9-20-10-18(21-14)19(23)7-16-12-24-13-17(8-19)22(16)11-15-5-3-2-4-6-15/h2-6,9-10,16-17,23H,7-8,11-13H2,1H3. The molecule has 2 unspecified atom stereocenters. The number of rotatable bonds is 3. The number of aromatic nitrogens is 2. The minimum absolute atomic E-state index is 0.199. The first kappa shape index (κ1) is 15.7. The highest BCUT2D eigenvalue weighted by Crippen LogP contribution is 2.40. The van der Waals surface area contributed by atoms with Crippen molar-refractivity contribution in [3.8, 4) is 0 Å². The summed E-state index contributed by atoms with van der Waals surface area (Å²) in [5.74, 6) is 0. The molecule has 2 aromatic rings. The molecular formula is C19H23N3O2. The first-order valence-electron chi connectivity index (χ1n) is 8.53. The van der Waals surface area contributed by atoms with E-state index in [9.17, 15) is 5.11 Å². The molecule has 0 aliphatic carbocycles. The Bertz CT molecular complexity index is 693. The number of nitrogens with zero attached hydrogens (tertiary/aromatic N) is 3. The van der Waals surface area contributed by atoms with Crippen molar-refractivity contribution in [2.24, 2.45) is 0 Å². The molecule has 2 atom stereocenters. The summed E-state index contributed by atoms with van der Waals surface area (Å²) in [6, 6.07) is 10.9. The third-order valence-electron chi connectivity index (χ3n) is 5.14. The lowest BCUT2D eigenvalue weighted by atomic mass is 9.79. The van der Waals surface area contributed by atoms with Gasteiger partial charge in [-0.05, 0) is 25.3 Å². The lowest BCUT2D eigenvalue weighted by molar-refractivity contribution is -0.151. The molecule has 0 amide bonds. The number of benzene rings is 1. The van der Waals surface area contributed by atoms with Gasteiger partial charge >= 0.3 is 0 Å². The molecule has 0 spiro atoms. The second-order valence-electron chi connectivity index (χ2n) is 6.99. The van der Waals surface area contributed by atoms with Crippen LogP contribution in [-0.4, -0.2) is 45.3 Å². The number of morpholine rings is 1. The van der Waals surface area contributed by atoms with Crippen LogP contribution in [0, 0.1) is 6.92 Å². The van der Waals surface area contributed by atoms with E-state index < -0.39 is 5.60 Å². The predicted octanol–water partition coefficient (Wildman–Crippen LogP) is 2.04. The van der Waals surface area contributed by atoms with E-state index >= 15 is 0 Å². The highest BCUT2D eigenvalue weighted by Gasteiger charge is 2.47. The van der Waals surface area contributed by atoms with Gasteiger partial charge < -0.3 is 9.84 Å². The number of aryl methyl sites for hydroxylation is 1. The third kappa shape index (κ3) is 2.95. The summed E-state index contributed by atoms with van der Waals surface area (Å²) < 4.78 is 5.77. The van der Waals surface area contributed by atoms with Crippen molar-refractivity contribution >= 4 is 0 Å². The fraction of sp³-hybridized carbons (Fsp3) is 0.474. The molecule has 3 heterocycles. The Morgan fingerprint density at radius 3 is 2.54 bits per heavy atom. The summed E-state index contributed by atoms with van der Waals surface area (Å²) >= 11 is 0. The molecule has 5 heteroatoms. The van der Waals surface area contributed by atoms with Crippen LogP contribution in [0.5, 0.6) is 0 Å². The van der Waals surface area contributed by atoms with E-state index in [4.69, 9.17) is 4.74 Å². The van der Waals surface area contributed by atoms with Crippen molar-refractivity contribution in [2.75, 3.05) is 13.2 Å². The highest BCUT2D eigenvalue weighted by molar-refractivity contribution is 5.18. The van der Waals surface area contributed by atoms with Gasteiger partial charge in [0.15, 0.2) is 0 Å². The zero-order valence-electron chi connectivity index (χ0n) is 13.9. The van der Waals surface area contributed by atoms with Crippen LogP contribution in [0.25, 0.3) is 0 Å². The topological polar surface area (TPSA) is 58.5 Å². The van der Waals surface area contributed by atoms with Crippen LogP contribution in [0.3, 0.4) is 0 Å². The third-order valence-corrected chi connectivity index (χ3v) is 5.14. The van der Waals surface area contributed by atoms with Gasteiger partial charge in [0.1, 0.15) is 5.60 Å². The van der Waals surface area contributed by atoms with Crippen molar-refractivity contribution in [3.63, 3.8) is 0 Å². The summed E-state index contributed by atoms with van der Waals surface area (Å²) in [6.07, 6.45) is 4.70. The molecule has 1 N–H and O–H groups in total. The van der Waals surface area contributed by atoms with Crippen molar-refractivity contribution in [2.45, 2.75) is 44.0 Å². The fourth-order valence-electron chi connectivity index (χ4n) is 3.99. The molecule has 2 fully saturated rings. The van der Waals surface area contributed by atoms with Gasteiger partial charge in [-0.25, -0.2) is 0 Å². The molecule has 126 valence electrons. The second kappa shape index (κ2) is 6.24. The summed E-state index contributed by atoms with van der Waals surface area (Å²) in [4.78, 5) is 11.2. The van der Waals surface area contributed by atoms with E-state index in [1.54, 1.807) is 12.4 Å². The normalized spacial score (nSPS) is 30.2. The summed E-state index contributed by atoms with van der Waals surface area (Å²) in [5, 5.41) is 11.3. The molecule has 0 saturated carbocycles. The van der Waals surface area contributed by atoms with Gasteiger partial charge in [-0.15, -0.1) is 0 Å². The van der Waals surface area contributed by atoms with E-state index in [1.807, 2.05) is 13.0 Å². The van der Waals surface area contributed by atoms with Crippen LogP contribution < -0.4 is 0 Å². The Labute approximate surface area is 142 Å². The van der Waals surface area contributed by atoms with Crippen molar-refractivity contribution in [1.29, 1.82) is 0 Å². The summed E-state index contributed by atoms with van der Waals surface area (Å²) in [7, 11) is 0. The average Bonchev–Trinajstić information content (AvgIpc) is 2.57. The van der Waals surface area contributed by atoms with Crippen LogP contribution in [-0.2, 0) is 16.9 Å². The minimum Gasteiger partial charge on any atom is -0.383 e. The Morgan fingerprint density at radius 1 is 1.17 bits per heavy atom. The monoisotopic (exact) mass is 325 g/mol. The van der Waals surface area contributed by atoms with Crippen molar-refractivity contribution < 1.29 is 9.84 Å². The maximum absolute atomic E-state index is 11.3. The van der Waals surface area contributed by atoms with E-state index in [2.05, 4.69) is 39.1 Å². The molecular weight excluding hydrogens is 302 g/mol. The Hall–Kier alpha value is -1.82. The largest absolute Gasteiger partial charge is 0.383 e. The molecule has 1 aromatic heterocycles. The van der Waals surface area contributed by atoms with Gasteiger partial charge in [0.25, 0.3) is 0 Å². The van der Waals surface area contributed by atoms with Crippen LogP contribution >= 0.6 is 0 Å². The molecule has 24 heavy (non-hydrogen) atoms. The Morgan fingerprint density at radius 2 is 1.88 bits per heavy atom. The number of aliphatic hydroxyl groups is 1. The minimum atomic E-state index is -0.911. The SMILES string of the molecule is Cc1cncc(C2(O)CC3COCC(C2)N3Cc2ccccc2)n1. The van der Waals surface area contributed by atoms with E-state index in [0.717, 1.165) is 12.2 Å². The van der Waals surface area contributed by atoms with Gasteiger partial charge in [0.05, 0.1) is 30.8 Å².